The van der Waals surface area contributed by atoms with Crippen LogP contribution >= 0.6 is 59.4 Å². The summed E-state index contributed by atoms with van der Waals surface area (Å²) >= 11 is 16.5. The molecule has 2 heterocycles. The third-order valence-corrected chi connectivity index (χ3v) is 6.90. The van der Waals surface area contributed by atoms with Crippen LogP contribution in [0, 0.1) is 0 Å². The van der Waals surface area contributed by atoms with Crippen molar-refractivity contribution < 1.29 is 14.7 Å². The van der Waals surface area contributed by atoms with E-state index >= 15 is 0 Å². The largest absolute Gasteiger partial charge is 0.465 e. The molecule has 0 fully saturated rings. The van der Waals surface area contributed by atoms with E-state index in [2.05, 4.69) is 70.1 Å². The molecule has 8 nitrogen and oxygen atoms in total. The van der Waals surface area contributed by atoms with Crippen LogP contribution in [0.15, 0.2) is 50.1 Å². The summed E-state index contributed by atoms with van der Waals surface area (Å²) in [4.78, 5) is 31.0. The van der Waals surface area contributed by atoms with Crippen LogP contribution in [0.2, 0.25) is 5.02 Å². The first kappa shape index (κ1) is 27.6. The number of nitrogens with one attached hydrogen (secondary N) is 1. The van der Waals surface area contributed by atoms with Crippen molar-refractivity contribution in [2.24, 2.45) is 0 Å². The average Bonchev–Trinajstić information content (AvgIpc) is 3.19. The number of hydrogen-bond acceptors (Lipinski definition) is 4. The van der Waals surface area contributed by atoms with E-state index in [9.17, 15) is 14.7 Å². The van der Waals surface area contributed by atoms with Crippen LogP contribution in [0.4, 0.5) is 16.2 Å². The van der Waals surface area contributed by atoms with Gasteiger partial charge in [0.25, 0.3) is 5.91 Å². The molecule has 3 aromatic rings. The lowest BCUT2D eigenvalue weighted by Crippen LogP contribution is -2.31. The van der Waals surface area contributed by atoms with Gasteiger partial charge >= 0.3 is 6.09 Å². The second-order valence-electron chi connectivity index (χ2n) is 7.66. The van der Waals surface area contributed by atoms with E-state index in [-0.39, 0.29) is 5.69 Å². The highest BCUT2D eigenvalue weighted by Crippen LogP contribution is 2.38. The Morgan fingerprint density at radius 3 is 2.57 bits per heavy atom. The van der Waals surface area contributed by atoms with Gasteiger partial charge in [0.15, 0.2) is 5.82 Å². The SMILES string of the molecule is CCCCCCCN(C(=O)O)c1cc(Br)cc(Br)c1NC(=O)c1cc(Br)nn1-c1ncccc1Cl. The van der Waals surface area contributed by atoms with Crippen LogP contribution < -0.4 is 10.2 Å². The summed E-state index contributed by atoms with van der Waals surface area (Å²) in [5, 5.41) is 17.4. The van der Waals surface area contributed by atoms with E-state index in [1.807, 2.05) is 0 Å². The number of pyridine rings is 1. The highest BCUT2D eigenvalue weighted by Gasteiger charge is 2.24. The van der Waals surface area contributed by atoms with Crippen molar-refractivity contribution in [2.45, 2.75) is 39.0 Å². The van der Waals surface area contributed by atoms with Gasteiger partial charge in [0.2, 0.25) is 0 Å². The fourth-order valence-corrected chi connectivity index (χ4v) is 5.35. The molecule has 3 rings (SSSR count). The molecule has 12 heteroatoms. The van der Waals surface area contributed by atoms with Crippen molar-refractivity contribution in [3.63, 3.8) is 0 Å². The van der Waals surface area contributed by atoms with Crippen molar-refractivity contribution in [2.75, 3.05) is 16.8 Å². The first-order valence-electron chi connectivity index (χ1n) is 10.9. The van der Waals surface area contributed by atoms with Crippen molar-refractivity contribution in [1.82, 2.24) is 14.8 Å². The predicted octanol–water partition coefficient (Wildman–Crippen LogP) is 7.92. The minimum absolute atomic E-state index is 0.166. The maximum absolute atomic E-state index is 13.4. The zero-order chi connectivity index (χ0) is 25.5. The second kappa shape index (κ2) is 12.8. The Morgan fingerprint density at radius 2 is 1.89 bits per heavy atom. The molecular weight excluding hydrogens is 669 g/mol. The van der Waals surface area contributed by atoms with E-state index in [1.165, 1.54) is 15.6 Å². The summed E-state index contributed by atoms with van der Waals surface area (Å²) in [6.45, 7) is 2.43. The van der Waals surface area contributed by atoms with Gasteiger partial charge in [-0.1, -0.05) is 60.1 Å². The molecule has 0 atom stereocenters. The fraction of sp³-hybridized carbons (Fsp3) is 0.304. The Hall–Kier alpha value is -1.95. The molecule has 2 amide bonds. The molecule has 0 unspecified atom stereocenters. The van der Waals surface area contributed by atoms with Crippen LogP contribution in [0.5, 0.6) is 0 Å². The number of aromatic nitrogens is 3. The van der Waals surface area contributed by atoms with Crippen molar-refractivity contribution >= 4 is 82.8 Å². The Bertz CT molecular complexity index is 1220. The van der Waals surface area contributed by atoms with Crippen LogP contribution in [0.25, 0.3) is 5.82 Å². The van der Waals surface area contributed by atoms with Gasteiger partial charge in [-0.15, -0.1) is 0 Å². The summed E-state index contributed by atoms with van der Waals surface area (Å²) in [6, 6.07) is 8.27. The number of benzene rings is 1. The van der Waals surface area contributed by atoms with Crippen molar-refractivity contribution in [3.05, 3.63) is 60.8 Å². The van der Waals surface area contributed by atoms with Crippen molar-refractivity contribution in [1.29, 1.82) is 0 Å². The number of unbranched alkanes of at least 4 members (excludes halogenated alkanes) is 4. The average molecular weight is 693 g/mol. The molecular formula is C23H23Br3ClN5O3. The van der Waals surface area contributed by atoms with Gasteiger partial charge in [-0.05, 0) is 62.5 Å². The summed E-state index contributed by atoms with van der Waals surface area (Å²) in [5.41, 5.74) is 0.841. The second-order valence-corrected chi connectivity index (χ2v) is 10.6. The number of nitrogens with zero attached hydrogens (tertiary/aromatic N) is 4. The normalized spacial score (nSPS) is 10.9. The van der Waals surface area contributed by atoms with E-state index in [0.29, 0.717) is 48.7 Å². The van der Waals surface area contributed by atoms with E-state index in [1.54, 1.807) is 30.5 Å². The smallest absolute Gasteiger partial charge is 0.411 e. The standard InChI is InChI=1S/C23H23Br3ClN5O3/c1-2-3-4-5-6-10-31(23(34)35)17-12-14(24)11-15(25)20(17)29-22(33)18-13-19(26)30-32(18)21-16(27)8-7-9-28-21/h7-9,11-13H,2-6,10H2,1H3,(H,29,33)(H,34,35). The Balaban J connectivity index is 1.95. The number of carbonyl (C=O) groups is 2. The lowest BCUT2D eigenvalue weighted by Gasteiger charge is -2.24. The number of anilines is 2. The highest BCUT2D eigenvalue weighted by molar-refractivity contribution is 9.11. The first-order chi connectivity index (χ1) is 16.7. The topological polar surface area (TPSA) is 100 Å². The van der Waals surface area contributed by atoms with Crippen LogP contribution in [-0.2, 0) is 0 Å². The monoisotopic (exact) mass is 689 g/mol. The predicted molar refractivity (Wildman–Crippen MR) is 148 cm³/mol. The molecule has 0 radical (unpaired) electrons. The Kier molecular flexibility index (Phi) is 10.1. The minimum Gasteiger partial charge on any atom is -0.465 e. The lowest BCUT2D eigenvalue weighted by molar-refractivity contribution is 0.101. The molecule has 2 aromatic heterocycles. The summed E-state index contributed by atoms with van der Waals surface area (Å²) in [7, 11) is 0. The zero-order valence-electron chi connectivity index (χ0n) is 18.8. The molecule has 35 heavy (non-hydrogen) atoms. The first-order valence-corrected chi connectivity index (χ1v) is 13.7. The number of carbonyl (C=O) groups excluding carboxylic acids is 1. The van der Waals surface area contributed by atoms with E-state index in [0.717, 1.165) is 25.7 Å². The molecule has 186 valence electrons. The molecule has 0 spiro atoms. The summed E-state index contributed by atoms with van der Waals surface area (Å²) in [5.74, 6) is -0.221. The number of amides is 2. The Morgan fingerprint density at radius 1 is 1.14 bits per heavy atom. The molecule has 0 saturated heterocycles. The van der Waals surface area contributed by atoms with Crippen LogP contribution in [0.1, 0.15) is 49.5 Å². The lowest BCUT2D eigenvalue weighted by atomic mass is 10.1. The van der Waals surface area contributed by atoms with Gasteiger partial charge in [-0.3, -0.25) is 9.69 Å². The number of rotatable bonds is 10. The molecule has 0 aliphatic carbocycles. The van der Waals surface area contributed by atoms with Gasteiger partial charge in [0.1, 0.15) is 10.3 Å². The van der Waals surface area contributed by atoms with Gasteiger partial charge in [0, 0.05) is 27.8 Å². The molecule has 1 aromatic carbocycles. The maximum atomic E-state index is 13.4. The molecule has 0 aliphatic rings. The van der Waals surface area contributed by atoms with Gasteiger partial charge in [-0.25, -0.2) is 14.5 Å². The fourth-order valence-electron chi connectivity index (χ4n) is 3.48. The quantitative estimate of drug-likeness (QED) is 0.211. The highest BCUT2D eigenvalue weighted by atomic mass is 79.9. The van der Waals surface area contributed by atoms with E-state index < -0.39 is 12.0 Å². The molecule has 0 saturated carbocycles. The zero-order valence-corrected chi connectivity index (χ0v) is 24.3. The maximum Gasteiger partial charge on any atom is 0.411 e. The molecule has 0 aliphatic heterocycles. The van der Waals surface area contributed by atoms with E-state index in [4.69, 9.17) is 11.6 Å². The van der Waals surface area contributed by atoms with Gasteiger partial charge in [0.05, 0.1) is 16.4 Å². The molecule has 0 bridgehead atoms. The van der Waals surface area contributed by atoms with Crippen molar-refractivity contribution in [3.8, 4) is 5.82 Å². The number of carboxylic acid groups (broad SMARTS) is 1. The molecule has 2 N–H and O–H groups in total. The third-order valence-electron chi connectivity index (χ3n) is 5.13. The van der Waals surface area contributed by atoms with Crippen LogP contribution in [-0.4, -0.2) is 38.4 Å². The summed E-state index contributed by atoms with van der Waals surface area (Å²) < 4.78 is 2.94. The Labute approximate surface area is 233 Å². The van der Waals surface area contributed by atoms with Crippen LogP contribution in [0.3, 0.4) is 0 Å². The third kappa shape index (κ3) is 7.05. The van der Waals surface area contributed by atoms with Gasteiger partial charge < -0.3 is 10.4 Å². The minimum atomic E-state index is -1.10. The number of hydrogen-bond donors (Lipinski definition) is 2. The van der Waals surface area contributed by atoms with Gasteiger partial charge in [-0.2, -0.15) is 5.10 Å². The summed E-state index contributed by atoms with van der Waals surface area (Å²) in [6.07, 6.45) is 5.34. The number of halogens is 4.